The first-order valence-electron chi connectivity index (χ1n) is 8.81. The fourth-order valence-electron chi connectivity index (χ4n) is 3.16. The SMILES string of the molecule is CCCCCCCC/C=C/CC1NC=C[N+]1(CC)C(C)O. The molecule has 0 saturated carbocycles. The van der Waals surface area contributed by atoms with E-state index in [0.717, 1.165) is 13.0 Å². The van der Waals surface area contributed by atoms with E-state index in [1.807, 2.05) is 13.1 Å². The molecule has 1 rings (SSSR count). The molecule has 0 spiro atoms. The summed E-state index contributed by atoms with van der Waals surface area (Å²) in [5, 5.41) is 13.5. The average molecular weight is 295 g/mol. The van der Waals surface area contributed by atoms with Crippen molar-refractivity contribution in [1.29, 1.82) is 0 Å². The molecule has 2 N–H and O–H groups in total. The summed E-state index contributed by atoms with van der Waals surface area (Å²) >= 11 is 0. The summed E-state index contributed by atoms with van der Waals surface area (Å²) in [6.07, 6.45) is 18.9. The van der Waals surface area contributed by atoms with Crippen LogP contribution in [0.5, 0.6) is 0 Å². The van der Waals surface area contributed by atoms with Gasteiger partial charge in [-0.25, -0.2) is 0 Å². The van der Waals surface area contributed by atoms with Crippen LogP contribution < -0.4 is 5.32 Å². The lowest BCUT2D eigenvalue weighted by atomic mass is 10.1. The fraction of sp³-hybridized carbons (Fsp3) is 0.778. The Morgan fingerprint density at radius 2 is 1.86 bits per heavy atom. The van der Waals surface area contributed by atoms with Crippen LogP contribution in [0, 0.1) is 0 Å². The van der Waals surface area contributed by atoms with Crippen molar-refractivity contribution in [2.75, 3.05) is 6.54 Å². The third-order valence-electron chi connectivity index (χ3n) is 4.71. The van der Waals surface area contributed by atoms with E-state index in [0.29, 0.717) is 4.48 Å². The minimum absolute atomic E-state index is 0.274. The Bertz CT molecular complexity index is 325. The predicted molar refractivity (Wildman–Crippen MR) is 90.3 cm³/mol. The lowest BCUT2D eigenvalue weighted by Gasteiger charge is -2.38. The Morgan fingerprint density at radius 3 is 2.52 bits per heavy atom. The average Bonchev–Trinajstić information content (AvgIpc) is 2.89. The van der Waals surface area contributed by atoms with E-state index in [2.05, 4.69) is 37.5 Å². The van der Waals surface area contributed by atoms with Crippen LogP contribution in [-0.4, -0.2) is 28.5 Å². The maximum Gasteiger partial charge on any atom is 0.193 e. The van der Waals surface area contributed by atoms with Gasteiger partial charge in [0.25, 0.3) is 0 Å². The second-order valence-electron chi connectivity index (χ2n) is 6.20. The Labute approximate surface area is 131 Å². The van der Waals surface area contributed by atoms with Crippen molar-refractivity contribution in [2.45, 2.75) is 84.5 Å². The molecular formula is C18H35N2O+. The van der Waals surface area contributed by atoms with Gasteiger partial charge in [0, 0.05) is 13.3 Å². The van der Waals surface area contributed by atoms with Gasteiger partial charge < -0.3 is 10.4 Å². The van der Waals surface area contributed by atoms with Crippen molar-refractivity contribution in [3.63, 3.8) is 0 Å². The monoisotopic (exact) mass is 295 g/mol. The Balaban J connectivity index is 2.21. The van der Waals surface area contributed by atoms with Crippen molar-refractivity contribution >= 4 is 0 Å². The van der Waals surface area contributed by atoms with E-state index >= 15 is 0 Å². The van der Waals surface area contributed by atoms with Crippen LogP contribution in [0.4, 0.5) is 0 Å². The maximum absolute atomic E-state index is 10.1. The highest BCUT2D eigenvalue weighted by atomic mass is 16.3. The molecule has 0 aliphatic carbocycles. The van der Waals surface area contributed by atoms with Gasteiger partial charge in [-0.05, 0) is 19.8 Å². The second kappa shape index (κ2) is 10.0. The first kappa shape index (κ1) is 18.2. The standard InChI is InChI=1S/C18H35N2O/c1-4-6-7-8-9-10-11-12-13-14-18-19-15-16-20(18,5-2)17(3)21/h12-13,15-19,21H,4-11,14H2,1-3H3/q+1/b13-12+. The van der Waals surface area contributed by atoms with Gasteiger partial charge in [0.15, 0.2) is 12.4 Å². The molecule has 1 aliphatic heterocycles. The molecule has 0 fully saturated rings. The molecule has 0 aromatic carbocycles. The number of quaternary nitrogens is 1. The topological polar surface area (TPSA) is 32.3 Å². The van der Waals surface area contributed by atoms with E-state index in [9.17, 15) is 5.11 Å². The van der Waals surface area contributed by atoms with Crippen LogP contribution >= 0.6 is 0 Å². The van der Waals surface area contributed by atoms with Crippen LogP contribution in [0.15, 0.2) is 24.6 Å². The van der Waals surface area contributed by atoms with Gasteiger partial charge in [0.2, 0.25) is 0 Å². The molecule has 0 saturated heterocycles. The minimum atomic E-state index is -0.363. The predicted octanol–water partition coefficient (Wildman–Crippen LogP) is 4.26. The van der Waals surface area contributed by atoms with Crippen LogP contribution in [0.25, 0.3) is 0 Å². The lowest BCUT2D eigenvalue weighted by Crippen LogP contribution is -2.57. The number of hydrogen-bond acceptors (Lipinski definition) is 2. The van der Waals surface area contributed by atoms with E-state index in [1.165, 1.54) is 44.9 Å². The highest BCUT2D eigenvalue weighted by Crippen LogP contribution is 2.24. The molecule has 0 bridgehead atoms. The lowest BCUT2D eigenvalue weighted by molar-refractivity contribution is -0.941. The highest BCUT2D eigenvalue weighted by Gasteiger charge is 2.40. The Morgan fingerprint density at radius 1 is 1.14 bits per heavy atom. The summed E-state index contributed by atoms with van der Waals surface area (Å²) in [5.74, 6) is 0. The zero-order valence-corrected chi connectivity index (χ0v) is 14.2. The molecule has 3 unspecified atom stereocenters. The van der Waals surface area contributed by atoms with E-state index in [-0.39, 0.29) is 12.4 Å². The van der Waals surface area contributed by atoms with Gasteiger partial charge in [0.05, 0.1) is 12.7 Å². The summed E-state index contributed by atoms with van der Waals surface area (Å²) < 4.78 is 0.626. The molecule has 1 aliphatic rings. The van der Waals surface area contributed by atoms with Gasteiger partial charge in [-0.2, -0.15) is 0 Å². The summed E-state index contributed by atoms with van der Waals surface area (Å²) in [6, 6.07) is 0. The number of unbranched alkanes of at least 4 members (excludes halogenated alkanes) is 6. The van der Waals surface area contributed by atoms with E-state index < -0.39 is 0 Å². The molecule has 0 amide bonds. The van der Waals surface area contributed by atoms with Gasteiger partial charge in [-0.1, -0.05) is 51.2 Å². The largest absolute Gasteiger partial charge is 0.345 e. The number of nitrogens with one attached hydrogen (secondary N) is 1. The molecule has 3 nitrogen and oxygen atoms in total. The molecule has 1 heterocycles. The fourth-order valence-corrected chi connectivity index (χ4v) is 3.16. The number of aliphatic hydroxyl groups is 1. The molecule has 3 heteroatoms. The van der Waals surface area contributed by atoms with Crippen LogP contribution in [0.3, 0.4) is 0 Å². The van der Waals surface area contributed by atoms with Crippen molar-refractivity contribution in [1.82, 2.24) is 5.32 Å². The normalized spacial score (nSPS) is 26.4. The van der Waals surface area contributed by atoms with Crippen molar-refractivity contribution in [2.24, 2.45) is 0 Å². The van der Waals surface area contributed by atoms with Gasteiger partial charge in [-0.15, -0.1) is 0 Å². The number of allylic oxidation sites excluding steroid dienone is 1. The quantitative estimate of drug-likeness (QED) is 0.339. The van der Waals surface area contributed by atoms with E-state index in [4.69, 9.17) is 0 Å². The summed E-state index contributed by atoms with van der Waals surface area (Å²) in [7, 11) is 0. The molecule has 3 atom stereocenters. The minimum Gasteiger partial charge on any atom is -0.345 e. The maximum atomic E-state index is 10.1. The Kier molecular flexibility index (Phi) is 8.70. The zero-order valence-electron chi connectivity index (χ0n) is 14.2. The molecule has 21 heavy (non-hydrogen) atoms. The van der Waals surface area contributed by atoms with Crippen molar-refractivity contribution in [3.05, 3.63) is 24.6 Å². The molecule has 0 radical (unpaired) electrons. The molecule has 122 valence electrons. The number of hydrogen-bond donors (Lipinski definition) is 2. The third kappa shape index (κ3) is 5.48. The van der Waals surface area contributed by atoms with Crippen LogP contribution in [0.1, 0.15) is 72.1 Å². The molecule has 0 aromatic heterocycles. The third-order valence-corrected chi connectivity index (χ3v) is 4.71. The number of rotatable bonds is 11. The van der Waals surface area contributed by atoms with Crippen LogP contribution in [0.2, 0.25) is 0 Å². The number of nitrogens with zero attached hydrogens (tertiary/aromatic N) is 1. The highest BCUT2D eigenvalue weighted by molar-refractivity contribution is 4.91. The summed E-state index contributed by atoms with van der Waals surface area (Å²) in [5.41, 5.74) is 0. The molecular weight excluding hydrogens is 260 g/mol. The first-order valence-corrected chi connectivity index (χ1v) is 8.81. The van der Waals surface area contributed by atoms with E-state index in [1.54, 1.807) is 0 Å². The zero-order chi connectivity index (χ0) is 15.6. The summed E-state index contributed by atoms with van der Waals surface area (Å²) in [4.78, 5) is 0. The van der Waals surface area contributed by atoms with Crippen LogP contribution in [-0.2, 0) is 0 Å². The smallest absolute Gasteiger partial charge is 0.193 e. The first-order chi connectivity index (χ1) is 10.2. The van der Waals surface area contributed by atoms with Gasteiger partial charge in [0.1, 0.15) is 6.20 Å². The second-order valence-corrected chi connectivity index (χ2v) is 6.20. The molecule has 0 aromatic rings. The van der Waals surface area contributed by atoms with Gasteiger partial charge in [-0.3, -0.25) is 4.48 Å². The van der Waals surface area contributed by atoms with Crippen molar-refractivity contribution < 1.29 is 9.59 Å². The van der Waals surface area contributed by atoms with Gasteiger partial charge >= 0.3 is 0 Å². The van der Waals surface area contributed by atoms with Crippen molar-refractivity contribution in [3.8, 4) is 0 Å². The number of aliphatic hydroxyl groups excluding tert-OH is 1. The Hall–Kier alpha value is -0.800. The summed E-state index contributed by atoms with van der Waals surface area (Å²) in [6.45, 7) is 7.19.